The standard InChI is InChI=1S/C20H27F4NO2SSi/c1-18(2,3)29(4,5)27-19(20(22,23)24)12-26-11-14(19)10-17(25-13-28)15-8-6-7-9-16(15)21/h6-9,14,17H,10-12H2,1-5H3/t14-,17?,19-/m1/s1. The predicted octanol–water partition coefficient (Wildman–Crippen LogP) is 6.33. The Hall–Kier alpha value is -1.12. The van der Waals surface area contributed by atoms with Crippen molar-refractivity contribution in [3.8, 4) is 0 Å². The molecule has 1 aromatic carbocycles. The van der Waals surface area contributed by atoms with Crippen molar-refractivity contribution >= 4 is 25.7 Å². The molecule has 1 fully saturated rings. The van der Waals surface area contributed by atoms with Crippen molar-refractivity contribution in [3.63, 3.8) is 0 Å². The Morgan fingerprint density at radius 2 is 1.93 bits per heavy atom. The molecule has 0 bridgehead atoms. The SMILES string of the molecule is CC(C)(C)[Si](C)(C)O[C@]1(C(F)(F)F)COC[C@H]1CC(N=C=S)c1ccccc1F. The summed E-state index contributed by atoms with van der Waals surface area (Å²) in [5.74, 6) is -1.60. The van der Waals surface area contributed by atoms with Crippen LogP contribution in [-0.2, 0) is 9.16 Å². The molecule has 0 saturated carbocycles. The summed E-state index contributed by atoms with van der Waals surface area (Å²) in [6, 6.07) is 4.96. The first-order valence-corrected chi connectivity index (χ1v) is 12.7. The first kappa shape index (κ1) is 24.1. The van der Waals surface area contributed by atoms with Gasteiger partial charge in [0.2, 0.25) is 0 Å². The molecule has 0 amide bonds. The molecule has 3 nitrogen and oxygen atoms in total. The zero-order valence-corrected chi connectivity index (χ0v) is 19.1. The summed E-state index contributed by atoms with van der Waals surface area (Å²) in [5, 5.41) is 1.77. The normalized spacial score (nSPS) is 24.2. The Bertz CT molecular complexity index is 774. The highest BCUT2D eigenvalue weighted by atomic mass is 32.1. The molecule has 1 heterocycles. The molecule has 0 aliphatic carbocycles. The van der Waals surface area contributed by atoms with Crippen LogP contribution in [-0.4, -0.2) is 38.5 Å². The van der Waals surface area contributed by atoms with E-state index in [1.54, 1.807) is 19.2 Å². The van der Waals surface area contributed by atoms with Gasteiger partial charge in [0, 0.05) is 11.5 Å². The van der Waals surface area contributed by atoms with Gasteiger partial charge in [-0.25, -0.2) is 9.38 Å². The van der Waals surface area contributed by atoms with Crippen molar-refractivity contribution < 1.29 is 26.7 Å². The summed E-state index contributed by atoms with van der Waals surface area (Å²) < 4.78 is 68.7. The van der Waals surface area contributed by atoms with Crippen LogP contribution in [0.25, 0.3) is 0 Å². The molecule has 0 N–H and O–H groups in total. The van der Waals surface area contributed by atoms with E-state index in [0.717, 1.165) is 0 Å². The first-order valence-electron chi connectivity index (χ1n) is 9.41. The monoisotopic (exact) mass is 449 g/mol. The number of hydrogen-bond acceptors (Lipinski definition) is 4. The second-order valence-corrected chi connectivity index (χ2v) is 13.9. The summed E-state index contributed by atoms with van der Waals surface area (Å²) in [7, 11) is -2.79. The Balaban J connectivity index is 2.46. The number of nitrogens with zero attached hydrogens (tertiary/aromatic N) is 1. The highest BCUT2D eigenvalue weighted by Crippen LogP contribution is 2.51. The molecule has 1 aliphatic rings. The Morgan fingerprint density at radius 1 is 1.31 bits per heavy atom. The molecule has 2 rings (SSSR count). The smallest absolute Gasteiger partial charge is 0.401 e. The summed E-state index contributed by atoms with van der Waals surface area (Å²) in [5.41, 5.74) is -2.28. The molecule has 9 heteroatoms. The van der Waals surface area contributed by atoms with Crippen LogP contribution in [0, 0.1) is 11.7 Å². The maximum atomic E-state index is 14.4. The maximum absolute atomic E-state index is 14.4. The minimum atomic E-state index is -4.65. The van der Waals surface area contributed by atoms with E-state index in [9.17, 15) is 17.6 Å². The van der Waals surface area contributed by atoms with E-state index >= 15 is 0 Å². The summed E-state index contributed by atoms with van der Waals surface area (Å²) in [4.78, 5) is 3.97. The molecule has 162 valence electrons. The van der Waals surface area contributed by atoms with Gasteiger partial charge in [0.05, 0.1) is 24.4 Å². The summed E-state index contributed by atoms with van der Waals surface area (Å²) in [6.45, 7) is 8.47. The average Bonchev–Trinajstić information content (AvgIpc) is 2.97. The minimum Gasteiger partial charge on any atom is -0.401 e. The Kier molecular flexibility index (Phi) is 7.12. The van der Waals surface area contributed by atoms with Gasteiger partial charge in [-0.15, -0.1) is 0 Å². The van der Waals surface area contributed by atoms with E-state index in [1.165, 1.54) is 18.2 Å². The largest absolute Gasteiger partial charge is 0.418 e. The topological polar surface area (TPSA) is 30.8 Å². The lowest BCUT2D eigenvalue weighted by Crippen LogP contribution is -2.60. The third kappa shape index (κ3) is 4.97. The van der Waals surface area contributed by atoms with Crippen molar-refractivity contribution in [3.05, 3.63) is 35.6 Å². The van der Waals surface area contributed by atoms with Crippen LogP contribution in [0.5, 0.6) is 0 Å². The van der Waals surface area contributed by atoms with E-state index in [-0.39, 0.29) is 18.6 Å². The second kappa shape index (κ2) is 8.55. The van der Waals surface area contributed by atoms with Crippen LogP contribution in [0.4, 0.5) is 17.6 Å². The third-order valence-corrected chi connectivity index (χ3v) is 10.6. The fourth-order valence-corrected chi connectivity index (χ4v) is 4.97. The van der Waals surface area contributed by atoms with E-state index in [0.29, 0.717) is 0 Å². The van der Waals surface area contributed by atoms with Crippen LogP contribution >= 0.6 is 12.2 Å². The zero-order valence-electron chi connectivity index (χ0n) is 17.3. The zero-order chi connectivity index (χ0) is 22.1. The Morgan fingerprint density at radius 3 is 2.45 bits per heavy atom. The van der Waals surface area contributed by atoms with Gasteiger partial charge in [-0.1, -0.05) is 39.0 Å². The average molecular weight is 450 g/mol. The van der Waals surface area contributed by atoms with Gasteiger partial charge in [-0.3, -0.25) is 0 Å². The van der Waals surface area contributed by atoms with Gasteiger partial charge < -0.3 is 9.16 Å². The first-order chi connectivity index (χ1) is 13.2. The number of ether oxygens (including phenoxy) is 1. The minimum absolute atomic E-state index is 0.112. The number of isothiocyanates is 1. The molecule has 0 aromatic heterocycles. The third-order valence-electron chi connectivity index (χ3n) is 6.00. The molecule has 0 radical (unpaired) electrons. The van der Waals surface area contributed by atoms with Gasteiger partial charge >= 0.3 is 6.18 Å². The summed E-state index contributed by atoms with van der Waals surface area (Å²) in [6.07, 6.45) is -4.76. The molecular formula is C20H27F4NO2SSi. The number of alkyl halides is 3. The quantitative estimate of drug-likeness (QED) is 0.220. The van der Waals surface area contributed by atoms with Crippen molar-refractivity contribution in [2.24, 2.45) is 10.9 Å². The highest BCUT2D eigenvalue weighted by molar-refractivity contribution is 7.78. The van der Waals surface area contributed by atoms with Crippen LogP contribution < -0.4 is 0 Å². The van der Waals surface area contributed by atoms with Gasteiger partial charge in [-0.05, 0) is 42.8 Å². The van der Waals surface area contributed by atoms with Crippen molar-refractivity contribution in [2.45, 2.75) is 63.1 Å². The predicted molar refractivity (Wildman–Crippen MR) is 110 cm³/mol. The number of thiocarbonyl (C=S) groups is 1. The molecule has 0 spiro atoms. The maximum Gasteiger partial charge on any atom is 0.418 e. The van der Waals surface area contributed by atoms with Crippen LogP contribution in [0.15, 0.2) is 29.3 Å². The van der Waals surface area contributed by atoms with Gasteiger partial charge in [-0.2, -0.15) is 13.2 Å². The van der Waals surface area contributed by atoms with Gasteiger partial charge in [0.15, 0.2) is 13.9 Å². The van der Waals surface area contributed by atoms with Crippen molar-refractivity contribution in [1.82, 2.24) is 0 Å². The van der Waals surface area contributed by atoms with E-state index < -0.39 is 49.5 Å². The molecule has 3 atom stereocenters. The van der Waals surface area contributed by atoms with Crippen molar-refractivity contribution in [1.29, 1.82) is 0 Å². The Labute approximate surface area is 175 Å². The van der Waals surface area contributed by atoms with Crippen molar-refractivity contribution in [2.75, 3.05) is 13.2 Å². The van der Waals surface area contributed by atoms with Crippen LogP contribution in [0.2, 0.25) is 18.1 Å². The molecular weight excluding hydrogens is 422 g/mol. The van der Waals surface area contributed by atoms with E-state index in [4.69, 9.17) is 9.16 Å². The second-order valence-electron chi connectivity index (χ2n) is 8.96. The van der Waals surface area contributed by atoms with Crippen LogP contribution in [0.3, 0.4) is 0 Å². The molecule has 29 heavy (non-hydrogen) atoms. The number of benzene rings is 1. The van der Waals surface area contributed by atoms with E-state index in [2.05, 4.69) is 22.4 Å². The fourth-order valence-electron chi connectivity index (χ4n) is 3.28. The summed E-state index contributed by atoms with van der Waals surface area (Å²) >= 11 is 4.66. The number of rotatable bonds is 6. The van der Waals surface area contributed by atoms with Gasteiger partial charge in [0.1, 0.15) is 5.82 Å². The number of aliphatic imine (C=N–C) groups is 1. The number of halogens is 4. The highest BCUT2D eigenvalue weighted by Gasteiger charge is 2.66. The molecule has 1 saturated heterocycles. The number of hydrogen-bond donors (Lipinski definition) is 0. The van der Waals surface area contributed by atoms with Gasteiger partial charge in [0.25, 0.3) is 0 Å². The van der Waals surface area contributed by atoms with E-state index in [1.807, 2.05) is 20.8 Å². The fraction of sp³-hybridized carbons (Fsp3) is 0.650. The van der Waals surface area contributed by atoms with Crippen LogP contribution in [0.1, 0.15) is 38.8 Å². The lowest BCUT2D eigenvalue weighted by Gasteiger charge is -2.46. The molecule has 1 aromatic rings. The molecule has 1 aliphatic heterocycles. The lowest BCUT2D eigenvalue weighted by atomic mass is 9.83. The molecule has 1 unspecified atom stereocenters. The lowest BCUT2D eigenvalue weighted by molar-refractivity contribution is -0.264.